The third kappa shape index (κ3) is 3.24. The van der Waals surface area contributed by atoms with Gasteiger partial charge in [-0.2, -0.15) is 0 Å². The maximum absolute atomic E-state index is 12.5. The Bertz CT molecular complexity index is 653. The Kier molecular flexibility index (Phi) is 4.75. The molecule has 2 aliphatic rings. The molecule has 3 rings (SSSR count). The van der Waals surface area contributed by atoms with Crippen LogP contribution in [-0.4, -0.2) is 44.4 Å². The van der Waals surface area contributed by atoms with E-state index in [1.165, 1.54) is 11.8 Å². The quantitative estimate of drug-likeness (QED) is 0.256. The Balaban J connectivity index is 1.68. The topological polar surface area (TPSA) is 89.8 Å². The minimum atomic E-state index is -0.826. The Hall–Kier alpha value is -2.09. The molecule has 0 radical (unpaired) electrons. The highest BCUT2D eigenvalue weighted by Gasteiger charge is 2.55. The molecule has 8 heteroatoms. The largest absolute Gasteiger partial charge is 0.459 e. The van der Waals surface area contributed by atoms with Crippen LogP contribution in [0, 0.1) is 10.1 Å². The van der Waals surface area contributed by atoms with Gasteiger partial charge in [0.1, 0.15) is 12.6 Å². The molecular weight excluding hydrogens is 332 g/mol. The second-order valence-corrected chi connectivity index (χ2v) is 7.55. The third-order valence-corrected chi connectivity index (χ3v) is 5.75. The van der Waals surface area contributed by atoms with E-state index in [-0.39, 0.29) is 28.7 Å². The van der Waals surface area contributed by atoms with E-state index in [9.17, 15) is 19.7 Å². The van der Waals surface area contributed by atoms with Crippen molar-refractivity contribution in [1.82, 2.24) is 4.90 Å². The number of carbonyl (C=O) groups is 2. The highest BCUT2D eigenvalue weighted by molar-refractivity contribution is 8.00. The number of fused-ring (bicyclic) bond motifs is 1. The van der Waals surface area contributed by atoms with Crippen LogP contribution in [0.2, 0.25) is 0 Å². The first-order valence-electron chi connectivity index (χ1n) is 7.78. The van der Waals surface area contributed by atoms with Crippen molar-refractivity contribution in [2.45, 2.75) is 49.1 Å². The molecule has 4 unspecified atom stereocenters. The third-order valence-electron chi connectivity index (χ3n) is 4.38. The smallest absolute Gasteiger partial charge is 0.330 e. The molecule has 1 amide bonds. The second-order valence-electron chi connectivity index (χ2n) is 5.99. The number of rotatable bonds is 6. The van der Waals surface area contributed by atoms with Crippen molar-refractivity contribution in [2.24, 2.45) is 0 Å². The van der Waals surface area contributed by atoms with Gasteiger partial charge in [0.2, 0.25) is 5.91 Å². The van der Waals surface area contributed by atoms with Crippen LogP contribution in [0.1, 0.15) is 25.3 Å². The predicted octanol–water partition coefficient (Wildman–Crippen LogP) is 1.83. The average Bonchev–Trinajstić information content (AvgIpc) is 2.85. The molecule has 24 heavy (non-hydrogen) atoms. The molecule has 2 fully saturated rings. The van der Waals surface area contributed by atoms with E-state index in [2.05, 4.69) is 0 Å². The summed E-state index contributed by atoms with van der Waals surface area (Å²) in [5.74, 6) is -0.569. The summed E-state index contributed by atoms with van der Waals surface area (Å²) in [6.45, 7) is 1.62. The van der Waals surface area contributed by atoms with Gasteiger partial charge in [-0.1, -0.05) is 42.1 Å². The summed E-state index contributed by atoms with van der Waals surface area (Å²) in [6.07, 6.45) is 1.01. The van der Waals surface area contributed by atoms with Crippen LogP contribution >= 0.6 is 11.8 Å². The Morgan fingerprint density at radius 2 is 2.17 bits per heavy atom. The van der Waals surface area contributed by atoms with Crippen LogP contribution in [0.4, 0.5) is 0 Å². The van der Waals surface area contributed by atoms with Gasteiger partial charge in [0, 0.05) is 29.6 Å². The minimum absolute atomic E-state index is 0.00299. The van der Waals surface area contributed by atoms with Crippen LogP contribution < -0.4 is 0 Å². The molecule has 0 aromatic heterocycles. The van der Waals surface area contributed by atoms with E-state index in [0.717, 1.165) is 17.3 Å². The van der Waals surface area contributed by atoms with Gasteiger partial charge in [0.05, 0.1) is 0 Å². The molecule has 2 saturated heterocycles. The Morgan fingerprint density at radius 1 is 1.46 bits per heavy atom. The number of amides is 1. The van der Waals surface area contributed by atoms with E-state index in [0.29, 0.717) is 12.8 Å². The lowest BCUT2D eigenvalue weighted by molar-refractivity contribution is -0.491. The highest BCUT2D eigenvalue weighted by Crippen LogP contribution is 2.42. The predicted molar refractivity (Wildman–Crippen MR) is 87.7 cm³/mol. The number of ether oxygens (including phenoxy) is 1. The number of nitro groups is 1. The van der Waals surface area contributed by atoms with Gasteiger partial charge in [0.15, 0.2) is 0 Å². The second kappa shape index (κ2) is 6.80. The summed E-state index contributed by atoms with van der Waals surface area (Å²) in [7, 11) is 0. The summed E-state index contributed by atoms with van der Waals surface area (Å²) in [4.78, 5) is 36.4. The molecule has 4 atom stereocenters. The minimum Gasteiger partial charge on any atom is -0.459 e. The van der Waals surface area contributed by atoms with Gasteiger partial charge >= 0.3 is 5.97 Å². The first-order valence-corrected chi connectivity index (χ1v) is 8.72. The maximum atomic E-state index is 12.5. The fraction of sp³-hybridized carbons (Fsp3) is 0.500. The number of nitrogens with zero attached hydrogens (tertiary/aromatic N) is 2. The highest BCUT2D eigenvalue weighted by atomic mass is 32.2. The van der Waals surface area contributed by atoms with E-state index >= 15 is 0 Å². The number of β-lactam (4-membered cyclic amide) rings is 1. The van der Waals surface area contributed by atoms with Gasteiger partial charge < -0.3 is 9.64 Å². The van der Waals surface area contributed by atoms with Gasteiger partial charge in [0.25, 0.3) is 5.37 Å². The molecule has 2 heterocycles. The van der Waals surface area contributed by atoms with E-state index in [4.69, 9.17) is 4.74 Å². The summed E-state index contributed by atoms with van der Waals surface area (Å²) in [6, 6.07) is 8.55. The fourth-order valence-corrected chi connectivity index (χ4v) is 4.49. The first kappa shape index (κ1) is 16.8. The van der Waals surface area contributed by atoms with Gasteiger partial charge in [-0.3, -0.25) is 14.9 Å². The normalized spacial score (nSPS) is 26.5. The Labute approximate surface area is 143 Å². The lowest BCUT2D eigenvalue weighted by Gasteiger charge is -2.37. The van der Waals surface area contributed by atoms with Crippen LogP contribution in [0.15, 0.2) is 30.3 Å². The number of esters is 1. The number of thioether (sulfide) groups is 1. The van der Waals surface area contributed by atoms with E-state index < -0.39 is 17.4 Å². The summed E-state index contributed by atoms with van der Waals surface area (Å²) in [5, 5.41) is 9.78. The Morgan fingerprint density at radius 3 is 2.79 bits per heavy atom. The maximum Gasteiger partial charge on any atom is 0.330 e. The monoisotopic (exact) mass is 350 g/mol. The number of hydrogen-bond acceptors (Lipinski definition) is 6. The summed E-state index contributed by atoms with van der Waals surface area (Å²) >= 11 is 1.13. The lowest BCUT2D eigenvalue weighted by Crippen LogP contribution is -2.55. The van der Waals surface area contributed by atoms with Crippen molar-refractivity contribution in [1.29, 1.82) is 0 Å². The molecular formula is C16H18N2O5S. The van der Waals surface area contributed by atoms with Gasteiger partial charge in [-0.25, -0.2) is 4.79 Å². The molecule has 0 aliphatic carbocycles. The van der Waals surface area contributed by atoms with Crippen molar-refractivity contribution in [2.75, 3.05) is 0 Å². The number of hydrogen-bond donors (Lipinski definition) is 0. The molecule has 0 spiro atoms. The number of carbonyl (C=O) groups excluding carboxylic acids is 2. The summed E-state index contributed by atoms with van der Waals surface area (Å²) in [5.41, 5.74) is 0.859. The van der Waals surface area contributed by atoms with E-state index in [1.807, 2.05) is 30.3 Å². The number of benzene rings is 1. The van der Waals surface area contributed by atoms with E-state index in [1.54, 1.807) is 0 Å². The molecule has 1 aromatic rings. The zero-order valence-corrected chi connectivity index (χ0v) is 14.0. The molecule has 1 aromatic carbocycles. The lowest BCUT2D eigenvalue weighted by atomic mass is 10.0. The van der Waals surface area contributed by atoms with Crippen molar-refractivity contribution in [3.05, 3.63) is 46.0 Å². The summed E-state index contributed by atoms with van der Waals surface area (Å²) < 4.78 is 5.37. The van der Waals surface area contributed by atoms with Gasteiger partial charge in [-0.05, 0) is 12.0 Å². The van der Waals surface area contributed by atoms with Crippen molar-refractivity contribution in [3.8, 4) is 0 Å². The van der Waals surface area contributed by atoms with Crippen molar-refractivity contribution < 1.29 is 19.2 Å². The molecule has 0 bridgehead atoms. The standard InChI is InChI=1S/C16H18N2O5S/c1-10(18(21)22)24-13-7-12-8-14(19)17(12)15(13)16(20)23-9-11-5-3-2-4-6-11/h2-6,10,12-13,15H,7-9H2,1H3. The zero-order valence-electron chi connectivity index (χ0n) is 13.2. The molecule has 128 valence electrons. The van der Waals surface area contributed by atoms with Crippen molar-refractivity contribution >= 4 is 23.6 Å². The van der Waals surface area contributed by atoms with Gasteiger partial charge in [-0.15, -0.1) is 0 Å². The SMILES string of the molecule is CC(SC1CC2CC(=O)N2C1C(=O)OCc1ccccc1)[N+](=O)[O-]. The molecule has 0 saturated carbocycles. The first-order chi connectivity index (χ1) is 11.5. The fourth-order valence-electron chi connectivity index (χ4n) is 3.16. The molecule has 7 nitrogen and oxygen atoms in total. The zero-order chi connectivity index (χ0) is 17.3. The van der Waals surface area contributed by atoms with Crippen LogP contribution in [0.5, 0.6) is 0 Å². The van der Waals surface area contributed by atoms with Crippen molar-refractivity contribution in [3.63, 3.8) is 0 Å². The molecule has 2 aliphatic heterocycles. The molecule has 0 N–H and O–H groups in total. The van der Waals surface area contributed by atoms with Crippen LogP contribution in [0.3, 0.4) is 0 Å². The van der Waals surface area contributed by atoms with Crippen LogP contribution in [0.25, 0.3) is 0 Å². The average molecular weight is 350 g/mol. The van der Waals surface area contributed by atoms with Crippen LogP contribution in [-0.2, 0) is 20.9 Å².